The largest absolute Gasteiger partial charge is 0.336 e. The van der Waals surface area contributed by atoms with Gasteiger partial charge < -0.3 is 4.57 Å². The number of aromatic nitrogens is 2. The normalized spacial score (nSPS) is 12.7. The zero-order valence-electron chi connectivity index (χ0n) is 9.90. The molecule has 0 amide bonds. The Bertz CT molecular complexity index is 541. The van der Waals surface area contributed by atoms with Gasteiger partial charge in [-0.25, -0.2) is 9.37 Å². The molecule has 0 bridgehead atoms. The summed E-state index contributed by atoms with van der Waals surface area (Å²) in [6.07, 6.45) is 3.99. The van der Waals surface area contributed by atoms with Gasteiger partial charge in [0.25, 0.3) is 0 Å². The van der Waals surface area contributed by atoms with E-state index in [1.54, 1.807) is 24.7 Å². The number of imidazole rings is 1. The number of nitrogens with zero attached hydrogens (tertiary/aromatic N) is 2. The van der Waals surface area contributed by atoms with Gasteiger partial charge in [0.05, 0.1) is 23.1 Å². The molecule has 4 nitrogen and oxygen atoms in total. The Kier molecular flexibility index (Phi) is 3.96. The first-order valence-electron chi connectivity index (χ1n) is 5.48. The Hall–Kier alpha value is -1.43. The molecule has 1 aromatic carbocycles. The number of nitrogens with two attached hydrogens (primary N) is 1. The first-order chi connectivity index (χ1) is 8.61. The molecule has 0 spiro atoms. The molecular formula is C12H14ClFN4. The molecule has 2 aromatic rings. The lowest BCUT2D eigenvalue weighted by Gasteiger charge is -2.16. The summed E-state index contributed by atoms with van der Waals surface area (Å²) in [5.41, 5.74) is 4.47. The van der Waals surface area contributed by atoms with Crippen LogP contribution in [0.3, 0.4) is 0 Å². The van der Waals surface area contributed by atoms with Gasteiger partial charge in [0, 0.05) is 13.2 Å². The summed E-state index contributed by atoms with van der Waals surface area (Å²) in [4.78, 5) is 4.04. The molecule has 3 N–H and O–H groups in total. The van der Waals surface area contributed by atoms with Crippen LogP contribution in [0.2, 0.25) is 5.02 Å². The van der Waals surface area contributed by atoms with Crippen molar-refractivity contribution >= 4 is 11.6 Å². The summed E-state index contributed by atoms with van der Waals surface area (Å²) < 4.78 is 15.2. The van der Waals surface area contributed by atoms with Gasteiger partial charge in [-0.05, 0) is 24.1 Å². The number of hydrazine groups is 1. The van der Waals surface area contributed by atoms with Crippen LogP contribution < -0.4 is 11.3 Å². The maximum atomic E-state index is 13.4. The van der Waals surface area contributed by atoms with Gasteiger partial charge >= 0.3 is 0 Å². The summed E-state index contributed by atoms with van der Waals surface area (Å²) in [6.45, 7) is 0. The number of rotatable bonds is 4. The van der Waals surface area contributed by atoms with Gasteiger partial charge in [-0.3, -0.25) is 11.3 Å². The molecule has 96 valence electrons. The Labute approximate surface area is 110 Å². The predicted molar refractivity (Wildman–Crippen MR) is 68.4 cm³/mol. The van der Waals surface area contributed by atoms with Crippen LogP contribution in [0.1, 0.15) is 17.3 Å². The van der Waals surface area contributed by atoms with E-state index >= 15 is 0 Å². The summed E-state index contributed by atoms with van der Waals surface area (Å²) in [7, 11) is 1.88. The Morgan fingerprint density at radius 2 is 2.33 bits per heavy atom. The highest BCUT2D eigenvalue weighted by Crippen LogP contribution is 2.20. The van der Waals surface area contributed by atoms with Gasteiger partial charge in [-0.1, -0.05) is 17.7 Å². The fraction of sp³-hybridized carbons (Fsp3) is 0.250. The van der Waals surface area contributed by atoms with E-state index < -0.39 is 5.82 Å². The topological polar surface area (TPSA) is 55.9 Å². The zero-order chi connectivity index (χ0) is 13.1. The third-order valence-electron chi connectivity index (χ3n) is 2.84. The summed E-state index contributed by atoms with van der Waals surface area (Å²) >= 11 is 5.65. The molecule has 1 aromatic heterocycles. The number of nitrogens with one attached hydrogen (secondary N) is 1. The van der Waals surface area contributed by atoms with Crippen LogP contribution >= 0.6 is 11.6 Å². The lowest BCUT2D eigenvalue weighted by molar-refractivity contribution is 0.520. The smallest absolute Gasteiger partial charge is 0.142 e. The highest BCUT2D eigenvalue weighted by atomic mass is 35.5. The van der Waals surface area contributed by atoms with E-state index in [-0.39, 0.29) is 11.1 Å². The third kappa shape index (κ3) is 2.69. The molecule has 0 aliphatic heterocycles. The molecular weight excluding hydrogens is 255 g/mol. The lowest BCUT2D eigenvalue weighted by Crippen LogP contribution is -2.30. The van der Waals surface area contributed by atoms with Crippen molar-refractivity contribution in [3.8, 4) is 0 Å². The van der Waals surface area contributed by atoms with Crippen molar-refractivity contribution in [3.63, 3.8) is 0 Å². The first-order valence-corrected chi connectivity index (χ1v) is 5.86. The second-order valence-corrected chi connectivity index (χ2v) is 4.51. The molecule has 0 radical (unpaired) electrons. The van der Waals surface area contributed by atoms with Gasteiger partial charge in [-0.15, -0.1) is 0 Å². The summed E-state index contributed by atoms with van der Waals surface area (Å²) in [5.74, 6) is 5.12. The highest BCUT2D eigenvalue weighted by molar-refractivity contribution is 6.30. The van der Waals surface area contributed by atoms with Crippen LogP contribution in [-0.4, -0.2) is 9.55 Å². The van der Waals surface area contributed by atoms with Crippen molar-refractivity contribution in [2.45, 2.75) is 12.5 Å². The molecule has 6 heteroatoms. The fourth-order valence-electron chi connectivity index (χ4n) is 1.85. The van der Waals surface area contributed by atoms with Crippen LogP contribution in [-0.2, 0) is 13.5 Å². The van der Waals surface area contributed by atoms with Crippen LogP contribution in [0.15, 0.2) is 30.7 Å². The molecule has 1 atom stereocenters. The first kappa shape index (κ1) is 13.0. The average Bonchev–Trinajstić information content (AvgIpc) is 2.77. The standard InChI is InChI=1S/C12H14ClFN4/c1-18-7-16-6-12(18)11(17-15)5-8-2-3-9(13)10(14)4-8/h2-4,6-7,11,17H,5,15H2,1H3. The SMILES string of the molecule is Cn1cncc1C(Cc1ccc(Cl)c(F)c1)NN. The van der Waals surface area contributed by atoms with Crippen molar-refractivity contribution in [1.29, 1.82) is 0 Å². The predicted octanol–water partition coefficient (Wildman–Crippen LogP) is 1.96. The van der Waals surface area contributed by atoms with Crippen molar-refractivity contribution in [3.05, 3.63) is 52.8 Å². The third-order valence-corrected chi connectivity index (χ3v) is 3.14. The van der Waals surface area contributed by atoms with Crippen LogP contribution in [0.4, 0.5) is 4.39 Å². The van der Waals surface area contributed by atoms with E-state index in [2.05, 4.69) is 10.4 Å². The average molecular weight is 269 g/mol. The van der Waals surface area contributed by atoms with E-state index in [0.29, 0.717) is 6.42 Å². The van der Waals surface area contributed by atoms with Gasteiger partial charge in [0.2, 0.25) is 0 Å². The quantitative estimate of drug-likeness (QED) is 0.658. The van der Waals surface area contributed by atoms with E-state index in [4.69, 9.17) is 17.4 Å². The Balaban J connectivity index is 2.20. The molecule has 1 heterocycles. The van der Waals surface area contributed by atoms with Gasteiger partial charge in [0.1, 0.15) is 5.82 Å². The van der Waals surface area contributed by atoms with Crippen molar-refractivity contribution in [1.82, 2.24) is 15.0 Å². The Morgan fingerprint density at radius 1 is 1.56 bits per heavy atom. The van der Waals surface area contributed by atoms with E-state index in [0.717, 1.165) is 11.3 Å². The minimum absolute atomic E-state index is 0.122. The number of hydrogen-bond donors (Lipinski definition) is 2. The summed E-state index contributed by atoms with van der Waals surface area (Å²) in [5, 5.41) is 0.122. The maximum absolute atomic E-state index is 13.4. The van der Waals surface area contributed by atoms with Crippen molar-refractivity contribution < 1.29 is 4.39 Å². The maximum Gasteiger partial charge on any atom is 0.142 e. The molecule has 0 saturated carbocycles. The van der Waals surface area contributed by atoms with Crippen LogP contribution in [0.5, 0.6) is 0 Å². The number of hydrogen-bond acceptors (Lipinski definition) is 3. The minimum atomic E-state index is -0.421. The molecule has 0 aliphatic carbocycles. The lowest BCUT2D eigenvalue weighted by atomic mass is 10.0. The number of benzene rings is 1. The molecule has 1 unspecified atom stereocenters. The molecule has 0 fully saturated rings. The second kappa shape index (κ2) is 5.48. The molecule has 2 rings (SSSR count). The van der Waals surface area contributed by atoms with E-state index in [1.165, 1.54) is 6.07 Å². The molecule has 0 saturated heterocycles. The molecule has 0 aliphatic rings. The van der Waals surface area contributed by atoms with E-state index in [9.17, 15) is 4.39 Å². The van der Waals surface area contributed by atoms with Crippen LogP contribution in [0.25, 0.3) is 0 Å². The number of aryl methyl sites for hydroxylation is 1. The highest BCUT2D eigenvalue weighted by Gasteiger charge is 2.14. The zero-order valence-corrected chi connectivity index (χ0v) is 10.7. The monoisotopic (exact) mass is 268 g/mol. The summed E-state index contributed by atoms with van der Waals surface area (Å²) in [6, 6.07) is 4.62. The van der Waals surface area contributed by atoms with Gasteiger partial charge in [0.15, 0.2) is 0 Å². The Morgan fingerprint density at radius 3 is 2.89 bits per heavy atom. The fourth-order valence-corrected chi connectivity index (χ4v) is 1.97. The minimum Gasteiger partial charge on any atom is -0.336 e. The second-order valence-electron chi connectivity index (χ2n) is 4.10. The van der Waals surface area contributed by atoms with Crippen molar-refractivity contribution in [2.24, 2.45) is 12.9 Å². The van der Waals surface area contributed by atoms with Gasteiger partial charge in [-0.2, -0.15) is 0 Å². The van der Waals surface area contributed by atoms with Crippen LogP contribution in [0, 0.1) is 5.82 Å². The number of halogens is 2. The van der Waals surface area contributed by atoms with Crippen molar-refractivity contribution in [2.75, 3.05) is 0 Å². The molecule has 18 heavy (non-hydrogen) atoms. The van der Waals surface area contributed by atoms with E-state index in [1.807, 2.05) is 11.6 Å².